The van der Waals surface area contributed by atoms with E-state index in [1.807, 2.05) is 35.6 Å². The molecule has 0 aliphatic heterocycles. The Morgan fingerprint density at radius 2 is 0.982 bits per heavy atom. The van der Waals surface area contributed by atoms with Crippen molar-refractivity contribution in [3.8, 4) is 62.0 Å². The van der Waals surface area contributed by atoms with Crippen LogP contribution in [0.3, 0.4) is 0 Å². The van der Waals surface area contributed by atoms with E-state index in [-0.39, 0.29) is 0 Å². The van der Waals surface area contributed by atoms with E-state index in [0.717, 1.165) is 56.1 Å². The third-order valence-electron chi connectivity index (χ3n) is 10.6. The molecule has 56 heavy (non-hydrogen) atoms. The number of hydrogen-bond acceptors (Lipinski definition) is 4. The minimum Gasteiger partial charge on any atom is -0.308 e. The molecule has 0 radical (unpaired) electrons. The molecule has 5 heteroatoms. The summed E-state index contributed by atoms with van der Waals surface area (Å²) >= 11 is 1.88. The summed E-state index contributed by atoms with van der Waals surface area (Å²) in [6.07, 6.45) is 0. The first-order valence-electron chi connectivity index (χ1n) is 18.8. The van der Waals surface area contributed by atoms with Gasteiger partial charge in [0.2, 0.25) is 0 Å². The van der Waals surface area contributed by atoms with Crippen LogP contribution in [0.1, 0.15) is 0 Å². The molecule has 0 saturated heterocycles. The van der Waals surface area contributed by atoms with Gasteiger partial charge in [0, 0.05) is 48.8 Å². The first-order chi connectivity index (χ1) is 27.8. The molecular weight excluding hydrogens is 701 g/mol. The van der Waals surface area contributed by atoms with E-state index in [1.54, 1.807) is 0 Å². The smallest absolute Gasteiger partial charge is 0.160 e. The summed E-state index contributed by atoms with van der Waals surface area (Å²) in [5.74, 6) is 0.710. The highest BCUT2D eigenvalue weighted by Crippen LogP contribution is 2.49. The summed E-state index contributed by atoms with van der Waals surface area (Å²) in [6.45, 7) is 0. The molecule has 0 saturated carbocycles. The van der Waals surface area contributed by atoms with Crippen LogP contribution >= 0.6 is 11.3 Å². The van der Waals surface area contributed by atoms with Gasteiger partial charge in [0.25, 0.3) is 0 Å². The van der Waals surface area contributed by atoms with Crippen LogP contribution in [-0.4, -0.2) is 19.5 Å². The van der Waals surface area contributed by atoms with Crippen molar-refractivity contribution >= 4 is 53.4 Å². The van der Waals surface area contributed by atoms with Gasteiger partial charge >= 0.3 is 0 Å². The van der Waals surface area contributed by atoms with E-state index < -0.39 is 0 Å². The molecule has 4 aromatic heterocycles. The molecular formula is C51H32N4S. The summed E-state index contributed by atoms with van der Waals surface area (Å²) in [7, 11) is 0. The first-order valence-corrected chi connectivity index (χ1v) is 19.6. The van der Waals surface area contributed by atoms with Gasteiger partial charge < -0.3 is 4.57 Å². The molecule has 262 valence electrons. The monoisotopic (exact) mass is 732 g/mol. The van der Waals surface area contributed by atoms with Gasteiger partial charge in [0.05, 0.1) is 38.3 Å². The molecule has 7 aromatic carbocycles. The lowest BCUT2D eigenvalue weighted by Crippen LogP contribution is -1.96. The molecule has 0 amide bonds. The van der Waals surface area contributed by atoms with Crippen molar-refractivity contribution in [3.63, 3.8) is 0 Å². The van der Waals surface area contributed by atoms with Crippen molar-refractivity contribution < 1.29 is 0 Å². The lowest BCUT2D eigenvalue weighted by Gasteiger charge is -2.12. The van der Waals surface area contributed by atoms with Crippen molar-refractivity contribution in [1.29, 1.82) is 0 Å². The Morgan fingerprint density at radius 3 is 1.68 bits per heavy atom. The molecule has 0 spiro atoms. The number of benzene rings is 7. The summed E-state index contributed by atoms with van der Waals surface area (Å²) in [6, 6.07) is 68.1. The van der Waals surface area contributed by atoms with Gasteiger partial charge in [-0.25, -0.2) is 15.0 Å². The predicted octanol–water partition coefficient (Wildman–Crippen LogP) is 13.7. The molecule has 0 fully saturated rings. The van der Waals surface area contributed by atoms with E-state index in [1.165, 1.54) is 42.2 Å². The van der Waals surface area contributed by atoms with Crippen LogP contribution in [0.25, 0.3) is 104 Å². The van der Waals surface area contributed by atoms with E-state index >= 15 is 0 Å². The number of fused-ring (bicyclic) bond motifs is 7. The van der Waals surface area contributed by atoms with E-state index in [2.05, 4.69) is 174 Å². The first kappa shape index (κ1) is 32.2. The SMILES string of the molecule is c1ccc(-c2cc(-c3ccc(-c4cccc5c4c4sc6c7ccccc7nc(-c7ccccc7)c6c4n5-c4ccccc4)cc3)nc(-c3ccccc3)n2)cc1. The van der Waals surface area contributed by atoms with Crippen LogP contribution in [0.15, 0.2) is 194 Å². The zero-order valence-electron chi connectivity index (χ0n) is 30.2. The summed E-state index contributed by atoms with van der Waals surface area (Å²) in [5.41, 5.74) is 13.8. The normalized spacial score (nSPS) is 11.6. The van der Waals surface area contributed by atoms with Crippen molar-refractivity contribution in [2.45, 2.75) is 0 Å². The van der Waals surface area contributed by atoms with Crippen LogP contribution in [0, 0.1) is 0 Å². The number of aromatic nitrogens is 4. The minimum atomic E-state index is 0.710. The van der Waals surface area contributed by atoms with Gasteiger partial charge in [-0.1, -0.05) is 164 Å². The van der Waals surface area contributed by atoms with Gasteiger partial charge in [-0.15, -0.1) is 11.3 Å². The van der Waals surface area contributed by atoms with Crippen molar-refractivity contribution in [1.82, 2.24) is 19.5 Å². The fraction of sp³-hybridized carbons (Fsp3) is 0. The Bertz CT molecular complexity index is 3150. The molecule has 11 rings (SSSR count). The zero-order valence-corrected chi connectivity index (χ0v) is 31.0. The summed E-state index contributed by atoms with van der Waals surface area (Å²) in [5, 5.41) is 3.60. The standard InChI is InChI=1S/C51H32N4S/c1-5-16-34(17-6-1)42-32-43(54-51(53-42)37-20-9-3-10-21-37)35-30-28-33(29-31-35)39-25-15-27-44-45(39)50-48(55(44)38-22-11-4-12-23-38)46-47(36-18-7-2-8-19-36)52-41-26-14-13-24-40(41)49(46)56-50/h1-32H. The van der Waals surface area contributed by atoms with Gasteiger partial charge in [-0.05, 0) is 41.5 Å². The molecule has 0 bridgehead atoms. The number of hydrogen-bond donors (Lipinski definition) is 0. The molecule has 0 atom stereocenters. The Kier molecular flexibility index (Phi) is 7.64. The fourth-order valence-corrected chi connectivity index (χ4v) is 9.41. The lowest BCUT2D eigenvalue weighted by atomic mass is 9.99. The van der Waals surface area contributed by atoms with Gasteiger partial charge in [-0.3, -0.25) is 0 Å². The second kappa shape index (κ2) is 13.3. The molecule has 4 heterocycles. The molecule has 0 N–H and O–H groups in total. The largest absolute Gasteiger partial charge is 0.308 e. The van der Waals surface area contributed by atoms with Gasteiger partial charge in [-0.2, -0.15) is 0 Å². The fourth-order valence-electron chi connectivity index (χ4n) is 8.02. The van der Waals surface area contributed by atoms with Crippen molar-refractivity contribution in [2.75, 3.05) is 0 Å². The molecule has 4 nitrogen and oxygen atoms in total. The average molecular weight is 733 g/mol. The number of rotatable bonds is 6. The van der Waals surface area contributed by atoms with Gasteiger partial charge in [0.15, 0.2) is 5.82 Å². The lowest BCUT2D eigenvalue weighted by molar-refractivity contribution is 1.18. The van der Waals surface area contributed by atoms with Gasteiger partial charge in [0.1, 0.15) is 0 Å². The zero-order chi connectivity index (χ0) is 37.0. The second-order valence-corrected chi connectivity index (χ2v) is 15.0. The number of para-hydroxylation sites is 2. The quantitative estimate of drug-likeness (QED) is 0.171. The third kappa shape index (κ3) is 5.32. The van der Waals surface area contributed by atoms with Crippen LogP contribution in [-0.2, 0) is 0 Å². The third-order valence-corrected chi connectivity index (χ3v) is 11.8. The number of thiophene rings is 1. The summed E-state index contributed by atoms with van der Waals surface area (Å²) < 4.78 is 4.95. The highest BCUT2D eigenvalue weighted by molar-refractivity contribution is 7.27. The highest BCUT2D eigenvalue weighted by Gasteiger charge is 2.25. The van der Waals surface area contributed by atoms with Crippen molar-refractivity contribution in [3.05, 3.63) is 194 Å². The van der Waals surface area contributed by atoms with E-state index in [9.17, 15) is 0 Å². The molecule has 0 aliphatic carbocycles. The molecule has 0 aliphatic rings. The number of pyridine rings is 1. The number of nitrogens with zero attached hydrogens (tertiary/aromatic N) is 4. The maximum Gasteiger partial charge on any atom is 0.160 e. The maximum atomic E-state index is 5.35. The maximum absolute atomic E-state index is 5.35. The van der Waals surface area contributed by atoms with Crippen LogP contribution < -0.4 is 0 Å². The van der Waals surface area contributed by atoms with Crippen molar-refractivity contribution in [2.24, 2.45) is 0 Å². The highest BCUT2D eigenvalue weighted by atomic mass is 32.1. The summed E-state index contributed by atoms with van der Waals surface area (Å²) in [4.78, 5) is 15.4. The Morgan fingerprint density at radius 1 is 0.411 bits per heavy atom. The Balaban J connectivity index is 1.14. The second-order valence-electron chi connectivity index (χ2n) is 14.0. The van der Waals surface area contributed by atoms with E-state index in [4.69, 9.17) is 15.0 Å². The predicted molar refractivity (Wildman–Crippen MR) is 234 cm³/mol. The molecule has 11 aromatic rings. The van der Waals surface area contributed by atoms with Crippen LogP contribution in [0.2, 0.25) is 0 Å². The minimum absolute atomic E-state index is 0.710. The van der Waals surface area contributed by atoms with Crippen LogP contribution in [0.5, 0.6) is 0 Å². The topological polar surface area (TPSA) is 43.6 Å². The Labute approximate surface area is 327 Å². The van der Waals surface area contributed by atoms with E-state index in [0.29, 0.717) is 5.82 Å². The molecule has 0 unspecified atom stereocenters. The average Bonchev–Trinajstić information content (AvgIpc) is 3.83. The Hall–Kier alpha value is -7.21. The van der Waals surface area contributed by atoms with Crippen LogP contribution in [0.4, 0.5) is 0 Å².